The zero-order valence-corrected chi connectivity index (χ0v) is 13.5. The van der Waals surface area contributed by atoms with Gasteiger partial charge >= 0.3 is 0 Å². The van der Waals surface area contributed by atoms with Crippen LogP contribution in [0.5, 0.6) is 0 Å². The number of pyridine rings is 1. The zero-order chi connectivity index (χ0) is 15.7. The summed E-state index contributed by atoms with van der Waals surface area (Å²) in [7, 11) is -7.46. The average molecular weight is 347 g/mol. The van der Waals surface area contributed by atoms with Crippen LogP contribution in [0.4, 0.5) is 0 Å². The molecular weight excluding hydrogens is 334 g/mol. The predicted octanol–water partition coefficient (Wildman–Crippen LogP) is 1.26. The molecule has 2 rings (SSSR count). The quantitative estimate of drug-likeness (QED) is 0.874. The van der Waals surface area contributed by atoms with Gasteiger partial charge in [-0.25, -0.2) is 21.8 Å². The van der Waals surface area contributed by atoms with E-state index in [1.54, 1.807) is 0 Å². The number of sulfone groups is 2. The van der Waals surface area contributed by atoms with E-state index in [0.29, 0.717) is 4.88 Å². The molecule has 0 unspecified atom stereocenters. The van der Waals surface area contributed by atoms with Crippen LogP contribution in [0.2, 0.25) is 0 Å². The molecule has 0 radical (unpaired) electrons. The SMILES string of the molecule is CCS(=O)(=O)c1cccc(S(=O)(=O)c2ccc(CO)s2)n1. The van der Waals surface area contributed by atoms with E-state index < -0.39 is 19.7 Å². The molecule has 0 aliphatic rings. The van der Waals surface area contributed by atoms with Crippen LogP contribution in [0.15, 0.2) is 44.6 Å². The normalized spacial score (nSPS) is 12.5. The maximum absolute atomic E-state index is 12.4. The summed E-state index contributed by atoms with van der Waals surface area (Å²) in [5.74, 6) is -0.156. The first-order valence-electron chi connectivity index (χ1n) is 5.95. The molecule has 0 aliphatic carbocycles. The van der Waals surface area contributed by atoms with Crippen molar-refractivity contribution >= 4 is 31.0 Å². The number of hydrogen-bond donors (Lipinski definition) is 1. The van der Waals surface area contributed by atoms with E-state index >= 15 is 0 Å². The van der Waals surface area contributed by atoms with E-state index in [-0.39, 0.29) is 26.6 Å². The fourth-order valence-electron chi connectivity index (χ4n) is 1.56. The number of aliphatic hydroxyl groups is 1. The van der Waals surface area contributed by atoms with E-state index in [1.807, 2.05) is 0 Å². The number of thiophene rings is 1. The van der Waals surface area contributed by atoms with Crippen molar-refractivity contribution in [3.63, 3.8) is 0 Å². The Hall–Kier alpha value is -1.29. The van der Waals surface area contributed by atoms with E-state index in [0.717, 1.165) is 11.3 Å². The maximum Gasteiger partial charge on any atom is 0.233 e. The maximum atomic E-state index is 12.4. The number of nitrogens with zero attached hydrogens (tertiary/aromatic N) is 1. The summed E-state index contributed by atoms with van der Waals surface area (Å²) in [6.07, 6.45) is 0. The fraction of sp³-hybridized carbons (Fsp3) is 0.250. The topological polar surface area (TPSA) is 101 Å². The Morgan fingerprint density at radius 3 is 2.33 bits per heavy atom. The molecule has 2 aromatic rings. The first-order chi connectivity index (χ1) is 9.81. The first kappa shape index (κ1) is 16.1. The lowest BCUT2D eigenvalue weighted by molar-refractivity contribution is 0.285. The predicted molar refractivity (Wildman–Crippen MR) is 77.7 cm³/mol. The Bertz CT molecular complexity index is 853. The number of rotatable bonds is 5. The van der Waals surface area contributed by atoms with Gasteiger partial charge in [0.05, 0.1) is 12.4 Å². The first-order valence-corrected chi connectivity index (χ1v) is 9.91. The summed E-state index contributed by atoms with van der Waals surface area (Å²) in [6, 6.07) is 6.75. The van der Waals surface area contributed by atoms with Gasteiger partial charge in [-0.15, -0.1) is 11.3 Å². The molecule has 1 N–H and O–H groups in total. The van der Waals surface area contributed by atoms with Gasteiger partial charge in [0.25, 0.3) is 0 Å². The fourth-order valence-corrected chi connectivity index (χ4v) is 4.98. The molecule has 0 saturated carbocycles. The second kappa shape index (κ2) is 5.84. The van der Waals surface area contributed by atoms with E-state index in [1.165, 1.54) is 37.3 Å². The van der Waals surface area contributed by atoms with Crippen LogP contribution in [0.25, 0.3) is 0 Å². The molecule has 6 nitrogen and oxygen atoms in total. The summed E-state index contributed by atoms with van der Waals surface area (Å²) in [6.45, 7) is 1.21. The highest BCUT2D eigenvalue weighted by Gasteiger charge is 2.24. The summed E-state index contributed by atoms with van der Waals surface area (Å²) in [4.78, 5) is 4.27. The average Bonchev–Trinajstić information content (AvgIpc) is 2.97. The number of aliphatic hydroxyl groups excluding tert-OH is 1. The third-order valence-corrected chi connectivity index (χ3v) is 7.57. The minimum Gasteiger partial charge on any atom is -0.391 e. The molecule has 114 valence electrons. The van der Waals surface area contributed by atoms with Gasteiger partial charge in [0.2, 0.25) is 9.84 Å². The smallest absolute Gasteiger partial charge is 0.233 e. The molecule has 0 saturated heterocycles. The lowest BCUT2D eigenvalue weighted by atomic mass is 10.5. The van der Waals surface area contributed by atoms with Crippen molar-refractivity contribution in [1.29, 1.82) is 0 Å². The van der Waals surface area contributed by atoms with Crippen LogP contribution in [0.3, 0.4) is 0 Å². The van der Waals surface area contributed by atoms with Crippen LogP contribution in [-0.2, 0) is 26.3 Å². The summed E-state index contributed by atoms with van der Waals surface area (Å²) in [5, 5.41) is 8.42. The molecular formula is C12H13NO5S3. The van der Waals surface area contributed by atoms with Gasteiger partial charge in [0.15, 0.2) is 19.9 Å². The van der Waals surface area contributed by atoms with Gasteiger partial charge in [0, 0.05) is 4.88 Å². The molecule has 2 heterocycles. The van der Waals surface area contributed by atoms with Crippen LogP contribution in [0, 0.1) is 0 Å². The molecule has 0 fully saturated rings. The minimum atomic E-state index is -3.89. The van der Waals surface area contributed by atoms with Crippen molar-refractivity contribution in [1.82, 2.24) is 4.98 Å². The largest absolute Gasteiger partial charge is 0.391 e. The van der Waals surface area contributed by atoms with Crippen LogP contribution in [0.1, 0.15) is 11.8 Å². The van der Waals surface area contributed by atoms with Crippen LogP contribution >= 0.6 is 11.3 Å². The molecule has 0 aliphatic heterocycles. The highest BCUT2D eigenvalue weighted by atomic mass is 32.2. The van der Waals surface area contributed by atoms with Gasteiger partial charge in [-0.1, -0.05) is 13.0 Å². The Balaban J connectivity index is 2.53. The molecule has 0 spiro atoms. The zero-order valence-electron chi connectivity index (χ0n) is 11.1. The van der Waals surface area contributed by atoms with Crippen molar-refractivity contribution < 1.29 is 21.9 Å². The molecule has 0 atom stereocenters. The molecule has 0 amide bonds. The van der Waals surface area contributed by atoms with E-state index in [9.17, 15) is 16.8 Å². The lowest BCUT2D eigenvalue weighted by Crippen LogP contribution is -2.10. The van der Waals surface area contributed by atoms with Gasteiger partial charge in [-0.2, -0.15) is 0 Å². The Morgan fingerprint density at radius 2 is 1.76 bits per heavy atom. The molecule has 0 aromatic carbocycles. The van der Waals surface area contributed by atoms with Gasteiger partial charge < -0.3 is 5.11 Å². The van der Waals surface area contributed by atoms with E-state index in [4.69, 9.17) is 5.11 Å². The summed E-state index contributed by atoms with van der Waals surface area (Å²) < 4.78 is 48.4. The second-order valence-corrected chi connectivity index (χ2v) is 9.62. The monoisotopic (exact) mass is 347 g/mol. The van der Waals surface area contributed by atoms with Gasteiger partial charge in [-0.05, 0) is 24.3 Å². The van der Waals surface area contributed by atoms with E-state index in [2.05, 4.69) is 4.98 Å². The standard InChI is InChI=1S/C12H13NO5S3/c1-2-20(15,16)10-4-3-5-11(13-10)21(17,18)12-7-6-9(8-14)19-12/h3-7,14H,2,8H2,1H3. The van der Waals surface area contributed by atoms with Crippen molar-refractivity contribution in [3.05, 3.63) is 35.2 Å². The minimum absolute atomic E-state index is 0.0186. The lowest BCUT2D eigenvalue weighted by Gasteiger charge is -2.04. The highest BCUT2D eigenvalue weighted by Crippen LogP contribution is 2.27. The molecule has 9 heteroatoms. The second-order valence-electron chi connectivity index (χ2n) is 4.10. The van der Waals surface area contributed by atoms with Gasteiger partial charge in [-0.3, -0.25) is 0 Å². The van der Waals surface area contributed by atoms with Crippen LogP contribution in [-0.4, -0.2) is 32.7 Å². The third-order valence-electron chi connectivity index (χ3n) is 2.73. The Labute approximate surface area is 126 Å². The molecule has 21 heavy (non-hydrogen) atoms. The molecule has 2 aromatic heterocycles. The van der Waals surface area contributed by atoms with Crippen LogP contribution < -0.4 is 0 Å². The van der Waals surface area contributed by atoms with Crippen molar-refractivity contribution in [2.24, 2.45) is 0 Å². The van der Waals surface area contributed by atoms with Crippen molar-refractivity contribution in [2.45, 2.75) is 27.8 Å². The number of aromatic nitrogens is 1. The highest BCUT2D eigenvalue weighted by molar-refractivity contribution is 7.93. The third kappa shape index (κ3) is 3.15. The van der Waals surface area contributed by atoms with Gasteiger partial charge in [0.1, 0.15) is 4.21 Å². The van der Waals surface area contributed by atoms with Crippen molar-refractivity contribution in [3.8, 4) is 0 Å². The van der Waals surface area contributed by atoms with Crippen molar-refractivity contribution in [2.75, 3.05) is 5.75 Å². The summed E-state index contributed by atoms with van der Waals surface area (Å²) in [5.41, 5.74) is 0. The molecule has 0 bridgehead atoms. The number of hydrogen-bond acceptors (Lipinski definition) is 7. The summed E-state index contributed by atoms with van der Waals surface area (Å²) >= 11 is 0.926. The Kier molecular flexibility index (Phi) is 4.47. The Morgan fingerprint density at radius 1 is 1.10 bits per heavy atom.